The summed E-state index contributed by atoms with van der Waals surface area (Å²) in [4.78, 5) is 12.2. The van der Waals surface area contributed by atoms with E-state index < -0.39 is 6.10 Å². The number of nitrogens with one attached hydrogen (secondary N) is 2. The molecular formula is C17H24N2O4. The topological polar surface area (TPSA) is 79.8 Å². The summed E-state index contributed by atoms with van der Waals surface area (Å²) in [5.41, 5.74) is 2.06. The van der Waals surface area contributed by atoms with Gasteiger partial charge in [-0.05, 0) is 32.4 Å². The first kappa shape index (κ1) is 16.1. The van der Waals surface area contributed by atoms with Gasteiger partial charge in [-0.2, -0.15) is 0 Å². The molecule has 1 saturated heterocycles. The summed E-state index contributed by atoms with van der Waals surface area (Å²) in [6.45, 7) is 5.41. The number of aliphatic hydroxyl groups excluding tert-OH is 1. The van der Waals surface area contributed by atoms with Crippen LogP contribution in [-0.2, 0) is 17.8 Å². The van der Waals surface area contributed by atoms with Gasteiger partial charge in [-0.25, -0.2) is 0 Å². The van der Waals surface area contributed by atoms with Crippen molar-refractivity contribution in [1.82, 2.24) is 10.6 Å². The maximum Gasteiger partial charge on any atom is 0.237 e. The third kappa shape index (κ3) is 3.59. The van der Waals surface area contributed by atoms with Crippen LogP contribution in [0.2, 0.25) is 0 Å². The summed E-state index contributed by atoms with van der Waals surface area (Å²) < 4.78 is 11.5. The molecule has 3 atom stereocenters. The zero-order valence-electron chi connectivity index (χ0n) is 13.6. The van der Waals surface area contributed by atoms with Crippen molar-refractivity contribution in [1.29, 1.82) is 0 Å². The molecule has 1 amide bonds. The summed E-state index contributed by atoms with van der Waals surface area (Å²) in [5.74, 6) is 1.57. The van der Waals surface area contributed by atoms with Crippen LogP contribution in [0.25, 0.3) is 0 Å². The minimum absolute atomic E-state index is 0.0983. The first-order valence-electron chi connectivity index (χ1n) is 8.21. The highest BCUT2D eigenvalue weighted by Gasteiger charge is 2.28. The zero-order valence-corrected chi connectivity index (χ0v) is 13.6. The minimum atomic E-state index is -0.445. The lowest BCUT2D eigenvalue weighted by Crippen LogP contribution is -2.40. The molecule has 2 heterocycles. The molecule has 2 aliphatic rings. The summed E-state index contributed by atoms with van der Waals surface area (Å²) in [5, 5.41) is 15.4. The second kappa shape index (κ2) is 6.76. The Bertz CT molecular complexity index is 590. The van der Waals surface area contributed by atoms with Gasteiger partial charge in [0, 0.05) is 30.6 Å². The van der Waals surface area contributed by atoms with E-state index in [1.165, 1.54) is 0 Å². The number of aliphatic hydroxyl groups is 1. The lowest BCUT2D eigenvalue weighted by molar-refractivity contribution is -0.123. The number of hydrogen-bond acceptors (Lipinski definition) is 5. The molecule has 3 N–H and O–H groups in total. The number of ether oxygens (including phenoxy) is 2. The van der Waals surface area contributed by atoms with E-state index in [2.05, 4.69) is 10.6 Å². The molecule has 2 aliphatic heterocycles. The molecule has 0 aromatic heterocycles. The van der Waals surface area contributed by atoms with E-state index in [0.717, 1.165) is 29.0 Å². The Kier molecular flexibility index (Phi) is 4.73. The van der Waals surface area contributed by atoms with E-state index in [1.54, 1.807) is 0 Å². The standard InChI is InChI=1S/C17H24N2O4/c1-3-22-15-5-11-4-10(2)23-16(11)6-12(15)8-19-17(21)14-7-13(20)9-18-14/h5-6,10,13-14,18,20H,3-4,7-9H2,1-2H3,(H,19,21)/t10-,13-,14+/m1/s1. The van der Waals surface area contributed by atoms with Crippen molar-refractivity contribution in [3.63, 3.8) is 0 Å². The second-order valence-corrected chi connectivity index (χ2v) is 6.20. The van der Waals surface area contributed by atoms with Gasteiger partial charge in [-0.15, -0.1) is 0 Å². The average Bonchev–Trinajstić information content (AvgIpc) is 3.09. The third-order valence-corrected chi connectivity index (χ3v) is 4.26. The van der Waals surface area contributed by atoms with E-state index >= 15 is 0 Å². The van der Waals surface area contributed by atoms with Crippen molar-refractivity contribution in [3.8, 4) is 11.5 Å². The SMILES string of the molecule is CCOc1cc2c(cc1CNC(=O)[C@@H]1C[C@@H](O)CN1)O[C@H](C)C2. The van der Waals surface area contributed by atoms with Gasteiger partial charge in [-0.3, -0.25) is 4.79 Å². The highest BCUT2D eigenvalue weighted by atomic mass is 16.5. The summed E-state index contributed by atoms with van der Waals surface area (Å²) in [7, 11) is 0. The summed E-state index contributed by atoms with van der Waals surface area (Å²) >= 11 is 0. The van der Waals surface area contributed by atoms with Gasteiger partial charge in [0.1, 0.15) is 17.6 Å². The van der Waals surface area contributed by atoms with Gasteiger partial charge >= 0.3 is 0 Å². The molecule has 126 valence electrons. The molecule has 1 aromatic rings. The molecule has 0 radical (unpaired) electrons. The van der Waals surface area contributed by atoms with Crippen LogP contribution in [0, 0.1) is 0 Å². The van der Waals surface area contributed by atoms with E-state index in [0.29, 0.717) is 26.1 Å². The molecule has 23 heavy (non-hydrogen) atoms. The fraction of sp³-hybridized carbons (Fsp3) is 0.588. The van der Waals surface area contributed by atoms with Gasteiger partial charge in [0.15, 0.2) is 0 Å². The average molecular weight is 320 g/mol. The molecular weight excluding hydrogens is 296 g/mol. The number of benzene rings is 1. The number of amides is 1. The Balaban J connectivity index is 1.69. The van der Waals surface area contributed by atoms with E-state index in [1.807, 2.05) is 26.0 Å². The van der Waals surface area contributed by atoms with Crippen LogP contribution in [-0.4, -0.2) is 42.4 Å². The Morgan fingerprint density at radius 2 is 2.35 bits per heavy atom. The first-order valence-corrected chi connectivity index (χ1v) is 8.21. The van der Waals surface area contributed by atoms with Crippen LogP contribution in [0.4, 0.5) is 0 Å². The summed E-state index contributed by atoms with van der Waals surface area (Å²) in [6, 6.07) is 3.65. The van der Waals surface area contributed by atoms with Crippen molar-refractivity contribution < 1.29 is 19.4 Å². The van der Waals surface area contributed by atoms with E-state index in [-0.39, 0.29) is 18.1 Å². The molecule has 0 bridgehead atoms. The first-order chi connectivity index (χ1) is 11.1. The normalized spacial score (nSPS) is 25.8. The Morgan fingerprint density at radius 3 is 3.04 bits per heavy atom. The highest BCUT2D eigenvalue weighted by molar-refractivity contribution is 5.82. The lowest BCUT2D eigenvalue weighted by atomic mass is 10.1. The largest absolute Gasteiger partial charge is 0.494 e. The van der Waals surface area contributed by atoms with Crippen molar-refractivity contribution in [2.75, 3.05) is 13.2 Å². The fourth-order valence-electron chi connectivity index (χ4n) is 3.13. The smallest absolute Gasteiger partial charge is 0.237 e. The Morgan fingerprint density at radius 1 is 1.52 bits per heavy atom. The third-order valence-electron chi connectivity index (χ3n) is 4.26. The summed E-state index contributed by atoms with van der Waals surface area (Å²) in [6.07, 6.45) is 1.06. The van der Waals surface area contributed by atoms with Gasteiger partial charge in [0.2, 0.25) is 5.91 Å². The quantitative estimate of drug-likeness (QED) is 0.746. The molecule has 0 aliphatic carbocycles. The molecule has 0 unspecified atom stereocenters. The predicted molar refractivity (Wildman–Crippen MR) is 85.7 cm³/mol. The molecule has 1 aromatic carbocycles. The number of rotatable bonds is 5. The van der Waals surface area contributed by atoms with Crippen molar-refractivity contribution in [2.24, 2.45) is 0 Å². The van der Waals surface area contributed by atoms with Crippen LogP contribution in [0.1, 0.15) is 31.4 Å². The fourth-order valence-corrected chi connectivity index (χ4v) is 3.13. The van der Waals surface area contributed by atoms with Gasteiger partial charge in [0.05, 0.1) is 18.8 Å². The van der Waals surface area contributed by atoms with Crippen LogP contribution in [0.5, 0.6) is 11.5 Å². The molecule has 6 heteroatoms. The highest BCUT2D eigenvalue weighted by Crippen LogP contribution is 2.35. The number of hydrogen-bond donors (Lipinski definition) is 3. The van der Waals surface area contributed by atoms with E-state index in [9.17, 15) is 9.90 Å². The van der Waals surface area contributed by atoms with Crippen molar-refractivity contribution >= 4 is 5.91 Å². The van der Waals surface area contributed by atoms with Gasteiger partial charge < -0.3 is 25.2 Å². The zero-order chi connectivity index (χ0) is 16.4. The molecule has 1 fully saturated rings. The Hall–Kier alpha value is -1.79. The van der Waals surface area contributed by atoms with Crippen molar-refractivity contribution in [2.45, 2.75) is 51.5 Å². The monoisotopic (exact) mass is 320 g/mol. The van der Waals surface area contributed by atoms with Crippen LogP contribution >= 0.6 is 0 Å². The number of carbonyl (C=O) groups excluding carboxylic acids is 1. The molecule has 3 rings (SSSR count). The number of carbonyl (C=O) groups is 1. The van der Waals surface area contributed by atoms with Gasteiger partial charge in [0.25, 0.3) is 0 Å². The van der Waals surface area contributed by atoms with Gasteiger partial charge in [-0.1, -0.05) is 0 Å². The predicted octanol–water partition coefficient (Wildman–Crippen LogP) is 0.748. The van der Waals surface area contributed by atoms with E-state index in [4.69, 9.17) is 9.47 Å². The van der Waals surface area contributed by atoms with Crippen LogP contribution in [0.3, 0.4) is 0 Å². The number of β-amino-alcohol motifs (C(OH)–C–C–N with tert-alkyl or cyclic N) is 1. The maximum absolute atomic E-state index is 12.2. The Labute approximate surface area is 136 Å². The molecule has 0 saturated carbocycles. The molecule has 6 nitrogen and oxygen atoms in total. The minimum Gasteiger partial charge on any atom is -0.494 e. The molecule has 0 spiro atoms. The maximum atomic E-state index is 12.2. The number of fused-ring (bicyclic) bond motifs is 1. The van der Waals surface area contributed by atoms with Crippen LogP contribution in [0.15, 0.2) is 12.1 Å². The van der Waals surface area contributed by atoms with Crippen LogP contribution < -0.4 is 20.1 Å². The van der Waals surface area contributed by atoms with Crippen molar-refractivity contribution in [3.05, 3.63) is 23.3 Å². The lowest BCUT2D eigenvalue weighted by Gasteiger charge is -2.15. The second-order valence-electron chi connectivity index (χ2n) is 6.20.